The molecule has 1 atom stereocenters. The maximum Gasteiger partial charge on any atom is 0.375 e. The van der Waals surface area contributed by atoms with E-state index < -0.39 is 17.7 Å². The van der Waals surface area contributed by atoms with Crippen LogP contribution in [0.25, 0.3) is 0 Å². The molecular weight excluding hydrogens is 439 g/mol. The van der Waals surface area contributed by atoms with Crippen LogP contribution in [0.2, 0.25) is 0 Å². The Balaban J connectivity index is 1.50. The van der Waals surface area contributed by atoms with E-state index in [4.69, 9.17) is 4.74 Å². The lowest BCUT2D eigenvalue weighted by atomic mass is 9.89. The first-order valence-electron chi connectivity index (χ1n) is 11.4. The number of ketones is 1. The van der Waals surface area contributed by atoms with Crippen molar-refractivity contribution in [2.45, 2.75) is 25.2 Å². The number of carbonyl (C=O) groups excluding carboxylic acids is 3. The van der Waals surface area contributed by atoms with Crippen LogP contribution >= 0.6 is 0 Å². The van der Waals surface area contributed by atoms with Gasteiger partial charge in [-0.15, -0.1) is 0 Å². The summed E-state index contributed by atoms with van der Waals surface area (Å²) >= 11 is 0. The van der Waals surface area contributed by atoms with Crippen LogP contribution in [-0.4, -0.2) is 63.5 Å². The monoisotopic (exact) mass is 468 g/mol. The van der Waals surface area contributed by atoms with E-state index in [-0.39, 0.29) is 11.7 Å². The van der Waals surface area contributed by atoms with Gasteiger partial charge in [-0.1, -0.05) is 12.1 Å². The summed E-state index contributed by atoms with van der Waals surface area (Å²) in [5.41, 5.74) is 2.87. The summed E-state index contributed by atoms with van der Waals surface area (Å²) < 4.78 is 23.3. The minimum absolute atomic E-state index is 0.154. The molecule has 1 unspecified atom stereocenters. The largest absolute Gasteiger partial charge is 0.496 e. The second-order valence-corrected chi connectivity index (χ2v) is 8.97. The smallest absolute Gasteiger partial charge is 0.375 e. The van der Waals surface area contributed by atoms with Crippen molar-refractivity contribution in [1.82, 2.24) is 4.90 Å². The van der Waals surface area contributed by atoms with Crippen LogP contribution in [0.4, 0.5) is 10.1 Å². The van der Waals surface area contributed by atoms with Crippen molar-refractivity contribution >= 4 is 23.3 Å². The number of hydrogen-bond acceptors (Lipinski definition) is 6. The second-order valence-electron chi connectivity index (χ2n) is 8.97. The van der Waals surface area contributed by atoms with Gasteiger partial charge in [0.25, 0.3) is 5.91 Å². The van der Waals surface area contributed by atoms with Crippen molar-refractivity contribution in [2.75, 3.05) is 45.8 Å². The predicted molar refractivity (Wildman–Crippen MR) is 125 cm³/mol. The van der Waals surface area contributed by atoms with Gasteiger partial charge in [0.2, 0.25) is 5.78 Å². The standard InChI is InChI=1S/C26H29FN2O5/c1-28-15-21(24(30)26(32)34-3)19-13-20(23(33-2)14-22(19)28)25(31)29-10-8-17(9-11-29)12-16-4-6-18(27)7-5-16/h4-7,13-14,17,21H,8-12,15H2,1-3H3. The number of esters is 1. The quantitative estimate of drug-likeness (QED) is 0.479. The van der Waals surface area contributed by atoms with Gasteiger partial charge in [0.1, 0.15) is 11.6 Å². The van der Waals surface area contributed by atoms with Gasteiger partial charge in [-0.2, -0.15) is 0 Å². The Morgan fingerprint density at radius 3 is 2.35 bits per heavy atom. The predicted octanol–water partition coefficient (Wildman–Crippen LogP) is 3.20. The highest BCUT2D eigenvalue weighted by Crippen LogP contribution is 2.41. The van der Waals surface area contributed by atoms with Gasteiger partial charge >= 0.3 is 5.97 Å². The fourth-order valence-electron chi connectivity index (χ4n) is 4.93. The molecule has 0 spiro atoms. The molecule has 0 radical (unpaired) electrons. The van der Waals surface area contributed by atoms with Gasteiger partial charge in [-0.3, -0.25) is 9.59 Å². The number of fused-ring (bicyclic) bond motifs is 1. The number of hydrogen-bond donors (Lipinski definition) is 0. The Morgan fingerprint density at radius 1 is 1.06 bits per heavy atom. The van der Waals surface area contributed by atoms with Crippen LogP contribution < -0.4 is 9.64 Å². The van der Waals surface area contributed by atoms with Gasteiger partial charge in [0.05, 0.1) is 25.7 Å². The SMILES string of the molecule is COC(=O)C(=O)C1CN(C)c2cc(OC)c(C(=O)N3CCC(Cc4ccc(F)cc4)CC3)cc21. The Labute approximate surface area is 198 Å². The van der Waals surface area contributed by atoms with E-state index in [1.807, 2.05) is 24.1 Å². The number of methoxy groups -OCH3 is 2. The molecule has 2 aliphatic rings. The number of likely N-dealkylation sites (N-methyl/N-ethyl adjacent to an activating group) is 1. The minimum Gasteiger partial charge on any atom is -0.496 e. The number of benzene rings is 2. The number of ether oxygens (including phenoxy) is 2. The summed E-state index contributed by atoms with van der Waals surface area (Å²) in [6.07, 6.45) is 2.55. The molecule has 0 saturated carbocycles. The molecule has 0 aromatic heterocycles. The van der Waals surface area contributed by atoms with E-state index in [1.54, 1.807) is 17.0 Å². The highest BCUT2D eigenvalue weighted by atomic mass is 19.1. The molecule has 180 valence electrons. The summed E-state index contributed by atoms with van der Waals surface area (Å²) in [6, 6.07) is 10.0. The third-order valence-electron chi connectivity index (χ3n) is 6.86. The highest BCUT2D eigenvalue weighted by Gasteiger charge is 2.38. The lowest BCUT2D eigenvalue weighted by Crippen LogP contribution is -2.39. The first-order valence-corrected chi connectivity index (χ1v) is 11.4. The van der Waals surface area contributed by atoms with Gasteiger partial charge in [0, 0.05) is 38.4 Å². The summed E-state index contributed by atoms with van der Waals surface area (Å²) in [7, 11) is 4.53. The Bertz CT molecular complexity index is 1090. The second kappa shape index (κ2) is 9.83. The summed E-state index contributed by atoms with van der Waals surface area (Å²) in [5, 5.41) is 0. The highest BCUT2D eigenvalue weighted by molar-refractivity contribution is 6.36. The number of halogens is 1. The summed E-state index contributed by atoms with van der Waals surface area (Å²) in [6.45, 7) is 1.55. The van der Waals surface area contributed by atoms with Crippen LogP contribution in [0.3, 0.4) is 0 Å². The first-order chi connectivity index (χ1) is 16.3. The van der Waals surface area contributed by atoms with Crippen LogP contribution in [0.15, 0.2) is 36.4 Å². The van der Waals surface area contributed by atoms with Crippen molar-refractivity contribution in [3.05, 3.63) is 58.9 Å². The molecule has 1 saturated heterocycles. The van der Waals surface area contributed by atoms with Gasteiger partial charge < -0.3 is 19.3 Å². The molecule has 2 aliphatic heterocycles. The minimum atomic E-state index is -0.891. The molecule has 0 N–H and O–H groups in total. The molecule has 1 fully saturated rings. The van der Waals surface area contributed by atoms with E-state index in [2.05, 4.69) is 4.74 Å². The van der Waals surface area contributed by atoms with Crippen LogP contribution in [0, 0.1) is 11.7 Å². The molecule has 0 aliphatic carbocycles. The number of carbonyl (C=O) groups is 3. The van der Waals surface area contributed by atoms with E-state index in [0.29, 0.717) is 42.4 Å². The number of anilines is 1. The zero-order chi connectivity index (χ0) is 24.4. The fourth-order valence-corrected chi connectivity index (χ4v) is 4.93. The van der Waals surface area contributed by atoms with Crippen LogP contribution in [-0.2, 0) is 20.7 Å². The third kappa shape index (κ3) is 4.62. The number of rotatable bonds is 6. The molecule has 1 amide bonds. The average Bonchev–Trinajstić information content (AvgIpc) is 3.19. The normalized spacial score (nSPS) is 17.9. The Morgan fingerprint density at radius 2 is 1.74 bits per heavy atom. The lowest BCUT2D eigenvalue weighted by Gasteiger charge is -2.32. The molecule has 34 heavy (non-hydrogen) atoms. The van der Waals surface area contributed by atoms with Crippen molar-refractivity contribution in [3.8, 4) is 5.75 Å². The summed E-state index contributed by atoms with van der Waals surface area (Å²) in [5.74, 6) is -1.74. The lowest BCUT2D eigenvalue weighted by molar-refractivity contribution is -0.152. The molecule has 2 heterocycles. The van der Waals surface area contributed by atoms with Crippen molar-refractivity contribution in [1.29, 1.82) is 0 Å². The zero-order valence-corrected chi connectivity index (χ0v) is 19.7. The molecule has 4 rings (SSSR count). The molecule has 0 bridgehead atoms. The van der Waals surface area contributed by atoms with Crippen molar-refractivity contribution in [3.63, 3.8) is 0 Å². The molecular formula is C26H29FN2O5. The third-order valence-corrected chi connectivity index (χ3v) is 6.86. The average molecular weight is 469 g/mol. The molecule has 2 aromatic rings. The van der Waals surface area contributed by atoms with Gasteiger partial charge in [0.15, 0.2) is 0 Å². The van der Waals surface area contributed by atoms with E-state index in [9.17, 15) is 18.8 Å². The van der Waals surface area contributed by atoms with Crippen molar-refractivity contribution in [2.24, 2.45) is 5.92 Å². The topological polar surface area (TPSA) is 76.1 Å². The Hall–Kier alpha value is -3.42. The van der Waals surface area contributed by atoms with Crippen LogP contribution in [0.5, 0.6) is 5.75 Å². The maximum absolute atomic E-state index is 13.4. The fraction of sp³-hybridized carbons (Fsp3) is 0.423. The van der Waals surface area contributed by atoms with E-state index in [0.717, 1.165) is 30.5 Å². The van der Waals surface area contributed by atoms with Gasteiger partial charge in [-0.05, 0) is 54.5 Å². The number of likely N-dealkylation sites (tertiary alicyclic amines) is 1. The van der Waals surface area contributed by atoms with Gasteiger partial charge in [-0.25, -0.2) is 9.18 Å². The van der Waals surface area contributed by atoms with Crippen LogP contribution in [0.1, 0.15) is 40.2 Å². The summed E-state index contributed by atoms with van der Waals surface area (Å²) in [4.78, 5) is 41.6. The molecule has 2 aromatic carbocycles. The molecule has 7 nitrogen and oxygen atoms in total. The number of nitrogens with zero attached hydrogens (tertiary/aromatic N) is 2. The number of Topliss-reactive ketones (excluding diaryl/α,β-unsaturated/α-hetero) is 1. The number of amides is 1. The number of piperidine rings is 1. The van der Waals surface area contributed by atoms with Crippen molar-refractivity contribution < 1.29 is 28.2 Å². The molecule has 8 heteroatoms. The maximum atomic E-state index is 13.4. The van der Waals surface area contributed by atoms with E-state index in [1.165, 1.54) is 26.4 Å². The first kappa shape index (κ1) is 23.7. The zero-order valence-electron chi connectivity index (χ0n) is 19.7. The van der Waals surface area contributed by atoms with E-state index >= 15 is 0 Å². The Kier molecular flexibility index (Phi) is 6.86.